The Morgan fingerprint density at radius 1 is 1.41 bits per heavy atom. The van der Waals surface area contributed by atoms with E-state index < -0.39 is 5.41 Å². The maximum absolute atomic E-state index is 12.2. The Morgan fingerprint density at radius 3 is 2.53 bits per heavy atom. The van der Waals surface area contributed by atoms with E-state index in [1.165, 1.54) is 0 Å². The first-order chi connectivity index (χ1) is 8.00. The summed E-state index contributed by atoms with van der Waals surface area (Å²) < 4.78 is 5.18. The summed E-state index contributed by atoms with van der Waals surface area (Å²) in [6.07, 6.45) is 1.59. The van der Waals surface area contributed by atoms with Gasteiger partial charge in [-0.05, 0) is 13.8 Å². The number of morpholine rings is 1. The van der Waals surface area contributed by atoms with Gasteiger partial charge in [0, 0.05) is 19.6 Å². The Labute approximate surface area is 102 Å². The molecule has 1 aliphatic rings. The van der Waals surface area contributed by atoms with Gasteiger partial charge in [0.1, 0.15) is 5.41 Å². The fourth-order valence-electron chi connectivity index (χ4n) is 1.64. The van der Waals surface area contributed by atoms with Crippen LogP contribution in [0, 0.1) is 5.41 Å². The lowest BCUT2D eigenvalue weighted by atomic mass is 9.90. The molecule has 1 aliphatic heterocycles. The second-order valence-electron chi connectivity index (χ2n) is 4.53. The van der Waals surface area contributed by atoms with E-state index in [0.717, 1.165) is 0 Å². The van der Waals surface area contributed by atoms with E-state index in [2.05, 4.69) is 11.9 Å². The van der Waals surface area contributed by atoms with Gasteiger partial charge in [-0.3, -0.25) is 9.59 Å². The fraction of sp³-hybridized carbons (Fsp3) is 0.667. The predicted molar refractivity (Wildman–Crippen MR) is 64.4 cm³/mol. The number of hydrogen-bond acceptors (Lipinski definition) is 3. The van der Waals surface area contributed by atoms with E-state index in [1.807, 2.05) is 0 Å². The van der Waals surface area contributed by atoms with Crippen LogP contribution in [0.5, 0.6) is 0 Å². The molecule has 1 N–H and O–H groups in total. The van der Waals surface area contributed by atoms with Crippen molar-refractivity contribution in [2.75, 3.05) is 32.8 Å². The van der Waals surface area contributed by atoms with Crippen molar-refractivity contribution in [1.82, 2.24) is 10.2 Å². The third-order valence-electron chi connectivity index (χ3n) is 2.81. The third kappa shape index (κ3) is 3.30. The van der Waals surface area contributed by atoms with Crippen LogP contribution in [0.3, 0.4) is 0 Å². The second kappa shape index (κ2) is 5.82. The number of ether oxygens (including phenoxy) is 1. The SMILES string of the molecule is C=CCNC(=O)C(C)(C)C(=O)N1CCOCC1. The highest BCUT2D eigenvalue weighted by Crippen LogP contribution is 2.20. The number of nitrogens with zero attached hydrogens (tertiary/aromatic N) is 1. The first-order valence-electron chi connectivity index (χ1n) is 5.76. The maximum atomic E-state index is 12.2. The van der Waals surface area contributed by atoms with Crippen molar-refractivity contribution in [3.8, 4) is 0 Å². The number of nitrogens with one attached hydrogen (secondary N) is 1. The Hall–Kier alpha value is -1.36. The van der Waals surface area contributed by atoms with Crippen molar-refractivity contribution in [2.45, 2.75) is 13.8 Å². The average molecular weight is 240 g/mol. The normalized spacial score (nSPS) is 16.5. The van der Waals surface area contributed by atoms with Gasteiger partial charge >= 0.3 is 0 Å². The van der Waals surface area contributed by atoms with Crippen molar-refractivity contribution in [3.05, 3.63) is 12.7 Å². The number of amides is 2. The minimum Gasteiger partial charge on any atom is -0.378 e. The number of carbonyl (C=O) groups excluding carboxylic acids is 2. The molecule has 0 radical (unpaired) electrons. The highest BCUT2D eigenvalue weighted by atomic mass is 16.5. The zero-order valence-corrected chi connectivity index (χ0v) is 10.5. The first kappa shape index (κ1) is 13.7. The Morgan fingerprint density at radius 2 is 2.00 bits per heavy atom. The van der Waals surface area contributed by atoms with Crippen molar-refractivity contribution in [1.29, 1.82) is 0 Å². The van der Waals surface area contributed by atoms with E-state index in [4.69, 9.17) is 4.74 Å². The summed E-state index contributed by atoms with van der Waals surface area (Å²) in [6, 6.07) is 0. The van der Waals surface area contributed by atoms with Gasteiger partial charge in [-0.15, -0.1) is 6.58 Å². The third-order valence-corrected chi connectivity index (χ3v) is 2.81. The van der Waals surface area contributed by atoms with Gasteiger partial charge in [0.15, 0.2) is 0 Å². The lowest BCUT2D eigenvalue weighted by molar-refractivity contribution is -0.151. The molecule has 0 aromatic rings. The molecule has 0 spiro atoms. The zero-order valence-electron chi connectivity index (χ0n) is 10.5. The van der Waals surface area contributed by atoms with Crippen molar-refractivity contribution in [3.63, 3.8) is 0 Å². The van der Waals surface area contributed by atoms with Gasteiger partial charge < -0.3 is 15.0 Å². The molecule has 5 nitrogen and oxygen atoms in total. The molecule has 96 valence electrons. The minimum atomic E-state index is -1.04. The van der Waals surface area contributed by atoms with Crippen LogP contribution in [-0.2, 0) is 14.3 Å². The molecule has 0 aromatic carbocycles. The summed E-state index contributed by atoms with van der Waals surface area (Å²) in [5.74, 6) is -0.420. The summed E-state index contributed by atoms with van der Waals surface area (Å²) in [5, 5.41) is 2.66. The quantitative estimate of drug-likeness (QED) is 0.563. The van der Waals surface area contributed by atoms with Crippen molar-refractivity contribution >= 4 is 11.8 Å². The molecule has 0 aromatic heterocycles. The van der Waals surface area contributed by atoms with Gasteiger partial charge in [0.05, 0.1) is 13.2 Å². The first-order valence-corrected chi connectivity index (χ1v) is 5.76. The molecule has 1 fully saturated rings. The smallest absolute Gasteiger partial charge is 0.237 e. The zero-order chi connectivity index (χ0) is 12.9. The van der Waals surface area contributed by atoms with Gasteiger partial charge in [0.25, 0.3) is 0 Å². The molecule has 0 saturated carbocycles. The number of carbonyl (C=O) groups is 2. The monoisotopic (exact) mass is 240 g/mol. The Balaban J connectivity index is 2.63. The summed E-state index contributed by atoms with van der Waals surface area (Å²) in [4.78, 5) is 25.8. The molecule has 0 aliphatic carbocycles. The van der Waals surface area contributed by atoms with E-state index in [-0.39, 0.29) is 11.8 Å². The lowest BCUT2D eigenvalue weighted by Crippen LogP contribution is -2.52. The summed E-state index contributed by atoms with van der Waals surface area (Å²) >= 11 is 0. The molecule has 0 atom stereocenters. The largest absolute Gasteiger partial charge is 0.378 e. The molecule has 2 amide bonds. The topological polar surface area (TPSA) is 58.6 Å². The van der Waals surface area contributed by atoms with Crippen LogP contribution in [0.1, 0.15) is 13.8 Å². The Bertz CT molecular complexity index is 307. The maximum Gasteiger partial charge on any atom is 0.237 e. The van der Waals surface area contributed by atoms with Crippen LogP contribution in [0.4, 0.5) is 0 Å². The molecule has 1 rings (SSSR count). The van der Waals surface area contributed by atoms with Crippen LogP contribution in [0.25, 0.3) is 0 Å². The molecule has 0 bridgehead atoms. The molecule has 1 heterocycles. The Kier molecular flexibility index (Phi) is 4.69. The van der Waals surface area contributed by atoms with Crippen LogP contribution in [0.15, 0.2) is 12.7 Å². The van der Waals surface area contributed by atoms with Crippen LogP contribution < -0.4 is 5.32 Å². The average Bonchev–Trinajstić information content (AvgIpc) is 2.35. The highest BCUT2D eigenvalue weighted by molar-refractivity contribution is 6.04. The fourth-order valence-corrected chi connectivity index (χ4v) is 1.64. The van der Waals surface area contributed by atoms with Gasteiger partial charge in [0.2, 0.25) is 11.8 Å². The standard InChI is InChI=1S/C12H20N2O3/c1-4-5-13-10(15)12(2,3)11(16)14-6-8-17-9-7-14/h4H,1,5-9H2,2-3H3,(H,13,15). The van der Waals surface area contributed by atoms with E-state index in [0.29, 0.717) is 32.8 Å². The van der Waals surface area contributed by atoms with Crippen LogP contribution in [0.2, 0.25) is 0 Å². The minimum absolute atomic E-state index is 0.151. The lowest BCUT2D eigenvalue weighted by Gasteiger charge is -2.33. The summed E-state index contributed by atoms with van der Waals surface area (Å²) in [5.41, 5.74) is -1.04. The summed E-state index contributed by atoms with van der Waals surface area (Å²) in [6.45, 7) is 9.36. The second-order valence-corrected chi connectivity index (χ2v) is 4.53. The molecular weight excluding hydrogens is 220 g/mol. The van der Waals surface area contributed by atoms with Crippen molar-refractivity contribution < 1.29 is 14.3 Å². The van der Waals surface area contributed by atoms with Crippen molar-refractivity contribution in [2.24, 2.45) is 5.41 Å². The van der Waals surface area contributed by atoms with Gasteiger partial charge in [-0.1, -0.05) is 6.08 Å². The van der Waals surface area contributed by atoms with E-state index >= 15 is 0 Å². The van der Waals surface area contributed by atoms with E-state index in [1.54, 1.807) is 24.8 Å². The predicted octanol–water partition coefficient (Wildman–Crippen LogP) is 0.174. The van der Waals surface area contributed by atoms with E-state index in [9.17, 15) is 9.59 Å². The van der Waals surface area contributed by atoms with Crippen LogP contribution in [-0.4, -0.2) is 49.6 Å². The molecule has 17 heavy (non-hydrogen) atoms. The molecular formula is C12H20N2O3. The molecule has 1 saturated heterocycles. The number of hydrogen-bond donors (Lipinski definition) is 1. The number of rotatable bonds is 4. The van der Waals surface area contributed by atoms with Gasteiger partial charge in [-0.25, -0.2) is 0 Å². The van der Waals surface area contributed by atoms with Crippen LogP contribution >= 0.6 is 0 Å². The molecule has 5 heteroatoms. The van der Waals surface area contributed by atoms with Gasteiger partial charge in [-0.2, -0.15) is 0 Å². The summed E-state index contributed by atoms with van der Waals surface area (Å²) in [7, 11) is 0. The molecule has 0 unspecified atom stereocenters. The highest BCUT2D eigenvalue weighted by Gasteiger charge is 2.39.